The summed E-state index contributed by atoms with van der Waals surface area (Å²) in [5.74, 6) is 0. The van der Waals surface area contributed by atoms with Crippen LogP contribution < -0.4 is 0 Å². The Morgan fingerprint density at radius 1 is 1.11 bits per heavy atom. The molecule has 2 aromatic carbocycles. The van der Waals surface area contributed by atoms with Crippen molar-refractivity contribution in [2.45, 2.75) is 37.1 Å². The molecule has 28 heavy (non-hydrogen) atoms. The van der Waals surface area contributed by atoms with Gasteiger partial charge in [0.05, 0.1) is 34.8 Å². The first-order valence-corrected chi connectivity index (χ1v) is 11.2. The number of fused-ring (bicyclic) bond motifs is 1. The zero-order valence-electron chi connectivity index (χ0n) is 16.0. The van der Waals surface area contributed by atoms with E-state index in [0.29, 0.717) is 6.04 Å². The first-order chi connectivity index (χ1) is 13.7. The van der Waals surface area contributed by atoms with Crippen LogP contribution in [0.15, 0.2) is 59.6 Å². The van der Waals surface area contributed by atoms with Gasteiger partial charge in [0, 0.05) is 32.9 Å². The van der Waals surface area contributed by atoms with Gasteiger partial charge in [0.1, 0.15) is 0 Å². The fraction of sp³-hybridized carbons (Fsp3) is 0.273. The van der Waals surface area contributed by atoms with Crippen LogP contribution in [0.3, 0.4) is 0 Å². The molecule has 0 aliphatic heterocycles. The van der Waals surface area contributed by atoms with Gasteiger partial charge in [-0.05, 0) is 55.7 Å². The van der Waals surface area contributed by atoms with Crippen molar-refractivity contribution in [3.05, 3.63) is 60.4 Å². The number of aryl methyl sites for hydroxylation is 1. The SMILES string of the molecule is CCc1nn(C2CC2)c2cc(-c3ccnn3-c3ccc(S(C)=O)cc3)ccc12. The Morgan fingerprint density at radius 2 is 1.89 bits per heavy atom. The zero-order chi connectivity index (χ0) is 19.3. The lowest BCUT2D eigenvalue weighted by atomic mass is 10.1. The van der Waals surface area contributed by atoms with E-state index in [1.54, 1.807) is 6.26 Å². The van der Waals surface area contributed by atoms with Crippen LogP contribution in [0.1, 0.15) is 31.5 Å². The van der Waals surface area contributed by atoms with Crippen molar-refractivity contribution in [2.24, 2.45) is 0 Å². The molecule has 0 spiro atoms. The molecule has 0 amide bonds. The minimum Gasteiger partial charge on any atom is -0.262 e. The van der Waals surface area contributed by atoms with E-state index in [1.165, 1.54) is 29.4 Å². The lowest BCUT2D eigenvalue weighted by Crippen LogP contribution is -2.00. The predicted molar refractivity (Wildman–Crippen MR) is 112 cm³/mol. The molecule has 2 aromatic heterocycles. The molecule has 1 fully saturated rings. The third kappa shape index (κ3) is 2.88. The predicted octanol–water partition coefficient (Wildman–Crippen LogP) is 4.52. The van der Waals surface area contributed by atoms with Gasteiger partial charge in [-0.3, -0.25) is 8.89 Å². The van der Waals surface area contributed by atoms with Crippen LogP contribution in [0.25, 0.3) is 27.8 Å². The Kier molecular flexibility index (Phi) is 4.16. The number of nitrogens with zero attached hydrogens (tertiary/aromatic N) is 4. The number of hydrogen-bond acceptors (Lipinski definition) is 3. The largest absolute Gasteiger partial charge is 0.262 e. The smallest absolute Gasteiger partial charge is 0.0741 e. The summed E-state index contributed by atoms with van der Waals surface area (Å²) in [4.78, 5) is 0.819. The molecule has 1 saturated carbocycles. The highest BCUT2D eigenvalue weighted by molar-refractivity contribution is 7.84. The summed E-state index contributed by atoms with van der Waals surface area (Å²) in [5.41, 5.74) is 5.50. The average molecular weight is 391 g/mol. The Morgan fingerprint density at radius 3 is 2.57 bits per heavy atom. The molecule has 1 unspecified atom stereocenters. The minimum atomic E-state index is -0.980. The highest BCUT2D eigenvalue weighted by Gasteiger charge is 2.27. The number of aromatic nitrogens is 4. The molecule has 5 nitrogen and oxygen atoms in total. The lowest BCUT2D eigenvalue weighted by Gasteiger charge is -2.09. The second-order valence-corrected chi connectivity index (χ2v) is 8.66. The minimum absolute atomic E-state index is 0.547. The summed E-state index contributed by atoms with van der Waals surface area (Å²) in [6, 6.07) is 16.9. The second-order valence-electron chi connectivity index (χ2n) is 7.28. The van der Waals surface area contributed by atoms with E-state index in [1.807, 2.05) is 41.2 Å². The van der Waals surface area contributed by atoms with E-state index < -0.39 is 10.8 Å². The van der Waals surface area contributed by atoms with Gasteiger partial charge >= 0.3 is 0 Å². The van der Waals surface area contributed by atoms with Crippen LogP contribution in [0, 0.1) is 0 Å². The summed E-state index contributed by atoms with van der Waals surface area (Å²) >= 11 is 0. The second kappa shape index (κ2) is 6.71. The van der Waals surface area contributed by atoms with Crippen molar-refractivity contribution < 1.29 is 4.21 Å². The molecule has 6 heteroatoms. The van der Waals surface area contributed by atoms with E-state index >= 15 is 0 Å². The Hall–Kier alpha value is -2.73. The summed E-state index contributed by atoms with van der Waals surface area (Å²) in [6.45, 7) is 2.16. The highest BCUT2D eigenvalue weighted by Crippen LogP contribution is 2.38. The van der Waals surface area contributed by atoms with Crippen molar-refractivity contribution in [1.82, 2.24) is 19.6 Å². The Balaban J connectivity index is 1.60. The molecular weight excluding hydrogens is 368 g/mol. The van der Waals surface area contributed by atoms with Gasteiger partial charge < -0.3 is 0 Å². The third-order valence-electron chi connectivity index (χ3n) is 5.36. The quantitative estimate of drug-likeness (QED) is 0.503. The summed E-state index contributed by atoms with van der Waals surface area (Å²) in [5, 5.41) is 10.6. The fourth-order valence-corrected chi connectivity index (χ4v) is 4.25. The van der Waals surface area contributed by atoms with Crippen molar-refractivity contribution in [1.29, 1.82) is 0 Å². The Bertz CT molecular complexity index is 1190. The van der Waals surface area contributed by atoms with Crippen LogP contribution in [0.5, 0.6) is 0 Å². The normalized spacial score (nSPS) is 15.2. The molecule has 2 heterocycles. The first-order valence-electron chi connectivity index (χ1n) is 9.65. The molecule has 1 aliphatic carbocycles. The third-order valence-corrected chi connectivity index (χ3v) is 6.30. The molecule has 142 valence electrons. The van der Waals surface area contributed by atoms with E-state index in [4.69, 9.17) is 5.10 Å². The topological polar surface area (TPSA) is 52.7 Å². The van der Waals surface area contributed by atoms with Crippen LogP contribution >= 0.6 is 0 Å². The molecule has 1 aliphatic rings. The van der Waals surface area contributed by atoms with Crippen molar-refractivity contribution in [2.75, 3.05) is 6.26 Å². The van der Waals surface area contributed by atoms with Gasteiger partial charge in [-0.2, -0.15) is 10.2 Å². The molecular formula is C22H22N4OS. The van der Waals surface area contributed by atoms with E-state index in [-0.39, 0.29) is 0 Å². The maximum Gasteiger partial charge on any atom is 0.0741 e. The van der Waals surface area contributed by atoms with Gasteiger partial charge in [0.15, 0.2) is 0 Å². The van der Waals surface area contributed by atoms with Gasteiger partial charge in [-0.1, -0.05) is 19.1 Å². The molecule has 5 rings (SSSR count). The van der Waals surface area contributed by atoms with Gasteiger partial charge in [0.25, 0.3) is 0 Å². The molecule has 1 atom stereocenters. The van der Waals surface area contributed by atoms with Crippen molar-refractivity contribution in [3.63, 3.8) is 0 Å². The maximum absolute atomic E-state index is 11.7. The van der Waals surface area contributed by atoms with E-state index in [9.17, 15) is 4.21 Å². The van der Waals surface area contributed by atoms with Crippen molar-refractivity contribution in [3.8, 4) is 16.9 Å². The maximum atomic E-state index is 11.7. The standard InChI is InChI=1S/C22H22N4OS/c1-3-20-19-11-4-15(14-22(19)26(24-20)17-5-6-17)21-12-13-23-25(21)16-7-9-18(10-8-16)28(2)27/h4,7-14,17H,3,5-6H2,1-2H3. The summed E-state index contributed by atoms with van der Waals surface area (Å²) in [7, 11) is -0.980. The number of rotatable bonds is 5. The lowest BCUT2D eigenvalue weighted by molar-refractivity contribution is 0.653. The number of benzene rings is 2. The summed E-state index contributed by atoms with van der Waals surface area (Å²) in [6.07, 6.45) is 6.89. The van der Waals surface area contributed by atoms with Crippen LogP contribution in [-0.2, 0) is 17.2 Å². The van der Waals surface area contributed by atoms with Gasteiger partial charge in [-0.25, -0.2) is 4.68 Å². The fourth-order valence-electron chi connectivity index (χ4n) is 3.73. The molecule has 0 radical (unpaired) electrons. The molecule has 4 aromatic rings. The van der Waals surface area contributed by atoms with Crippen molar-refractivity contribution >= 4 is 21.7 Å². The first kappa shape index (κ1) is 17.4. The molecule has 0 N–H and O–H groups in total. The highest BCUT2D eigenvalue weighted by atomic mass is 32.2. The molecule has 0 bridgehead atoms. The zero-order valence-corrected chi connectivity index (χ0v) is 16.8. The monoisotopic (exact) mass is 390 g/mol. The molecule has 0 saturated heterocycles. The van der Waals surface area contributed by atoms with E-state index in [0.717, 1.165) is 28.3 Å². The average Bonchev–Trinajstić information content (AvgIpc) is 3.32. The van der Waals surface area contributed by atoms with Gasteiger partial charge in [0.2, 0.25) is 0 Å². The summed E-state index contributed by atoms with van der Waals surface area (Å²) < 4.78 is 15.8. The Labute approximate surface area is 166 Å². The van der Waals surface area contributed by atoms with Crippen LogP contribution in [0.4, 0.5) is 0 Å². The van der Waals surface area contributed by atoms with Gasteiger partial charge in [-0.15, -0.1) is 0 Å². The number of hydrogen-bond donors (Lipinski definition) is 0. The van der Waals surface area contributed by atoms with Crippen LogP contribution in [0.2, 0.25) is 0 Å². The van der Waals surface area contributed by atoms with Crippen LogP contribution in [-0.4, -0.2) is 30.0 Å². The van der Waals surface area contributed by atoms with E-state index in [2.05, 4.69) is 34.9 Å².